The number of fused-ring (bicyclic) bond motifs is 1. The van der Waals surface area contributed by atoms with Crippen LogP contribution in [0.1, 0.15) is 6.92 Å². The van der Waals surface area contributed by atoms with E-state index in [2.05, 4.69) is 20.1 Å². The number of aliphatic hydroxyl groups excluding tert-OH is 1. The summed E-state index contributed by atoms with van der Waals surface area (Å²) in [6.45, 7) is 0.280. The Hall–Kier alpha value is -2.94. The zero-order valence-electron chi connectivity index (χ0n) is 17.6. The van der Waals surface area contributed by atoms with E-state index in [9.17, 15) is 19.4 Å². The zero-order valence-corrected chi connectivity index (χ0v) is 18.5. The molecule has 0 bridgehead atoms. The maximum absolute atomic E-state index is 12.7. The molecule has 3 N–H and O–H groups in total. The molecule has 0 heterocycles. The van der Waals surface area contributed by atoms with Crippen LogP contribution in [-0.2, 0) is 18.4 Å². The second-order valence-electron chi connectivity index (χ2n) is 7.35. The number of nitrogens with one attached hydrogen (secondary N) is 1. The van der Waals surface area contributed by atoms with Gasteiger partial charge in [0.2, 0.25) is 5.91 Å². The summed E-state index contributed by atoms with van der Waals surface area (Å²) in [5.74, 6) is -0.598. The maximum atomic E-state index is 12.7. The molecule has 3 aromatic rings. The van der Waals surface area contributed by atoms with E-state index >= 15 is 0 Å². The Morgan fingerprint density at radius 1 is 1.09 bits per heavy atom. The van der Waals surface area contributed by atoms with Crippen molar-refractivity contribution >= 4 is 41.6 Å². The lowest BCUT2D eigenvalue weighted by Gasteiger charge is -2.26. The van der Waals surface area contributed by atoms with Gasteiger partial charge in [0.05, 0.1) is 30.0 Å². The number of hydrogen-bond donors (Lipinski definition) is 3. The molecule has 3 aromatic carbocycles. The summed E-state index contributed by atoms with van der Waals surface area (Å²) in [4.78, 5) is 22.1. The lowest BCUT2D eigenvalue weighted by molar-refractivity contribution is -0.129. The van der Waals surface area contributed by atoms with Gasteiger partial charge in [-0.2, -0.15) is 5.11 Å². The summed E-state index contributed by atoms with van der Waals surface area (Å²) in [6.07, 6.45) is 0. The Bertz CT molecular complexity index is 1180. The van der Waals surface area contributed by atoms with Gasteiger partial charge in [-0.25, -0.2) is 4.57 Å². The van der Waals surface area contributed by atoms with E-state index in [-0.39, 0.29) is 0 Å². The molecule has 32 heavy (non-hydrogen) atoms. The van der Waals surface area contributed by atoms with Crippen molar-refractivity contribution in [2.24, 2.45) is 15.6 Å². The second-order valence-corrected chi connectivity index (χ2v) is 8.91. The molecule has 0 saturated heterocycles. The fourth-order valence-corrected chi connectivity index (χ4v) is 3.35. The Balaban J connectivity index is 1.74. The van der Waals surface area contributed by atoms with E-state index < -0.39 is 32.4 Å². The third-order valence-corrected chi connectivity index (χ3v) is 5.73. The normalized spacial score (nSPS) is 15.4. The number of benzene rings is 3. The molecule has 0 saturated carbocycles. The van der Waals surface area contributed by atoms with Crippen LogP contribution in [0.15, 0.2) is 77.0 Å². The zero-order chi connectivity index (χ0) is 23.2. The maximum Gasteiger partial charge on any atom is 0.471 e. The topological polar surface area (TPSA) is 130 Å². The van der Waals surface area contributed by atoms with Gasteiger partial charge in [0, 0.05) is 18.2 Å². The lowest BCUT2D eigenvalue weighted by Crippen LogP contribution is -2.40. The summed E-state index contributed by atoms with van der Waals surface area (Å²) in [7, 11) is -3.28. The number of amides is 1. The van der Waals surface area contributed by atoms with Gasteiger partial charge in [0.1, 0.15) is 0 Å². The van der Waals surface area contributed by atoms with Crippen LogP contribution in [0.25, 0.3) is 10.8 Å². The van der Waals surface area contributed by atoms with Gasteiger partial charge in [-0.05, 0) is 36.6 Å². The molecule has 2 unspecified atom stereocenters. The number of carbonyl (C=O) groups is 1. The average molecular weight is 457 g/mol. The van der Waals surface area contributed by atoms with E-state index in [4.69, 9.17) is 4.52 Å². The molecule has 0 aliphatic carbocycles. The smallest absolute Gasteiger partial charge is 0.395 e. The standard InChI is InChI=1S/C22H24N3O6P/c1-22(14-26,15-31-32(28,29)30-2)21(27)23-17-9-6-10-18(13-17)24-25-20-12-5-8-16-7-3-4-11-19(16)20/h3-13,26H,14-15H2,1-2H3,(H,23,27)(H,28,29). The van der Waals surface area contributed by atoms with Crippen molar-refractivity contribution in [3.05, 3.63) is 66.7 Å². The van der Waals surface area contributed by atoms with Gasteiger partial charge in [0.25, 0.3) is 0 Å². The van der Waals surface area contributed by atoms with Crippen LogP contribution >= 0.6 is 7.82 Å². The number of aliphatic hydroxyl groups is 1. The van der Waals surface area contributed by atoms with Gasteiger partial charge in [-0.3, -0.25) is 13.8 Å². The number of anilines is 1. The largest absolute Gasteiger partial charge is 0.471 e. The SMILES string of the molecule is COP(=O)(O)OCC(C)(CO)C(=O)Nc1cccc(N=Nc2cccc3ccccc23)c1. The third-order valence-electron chi connectivity index (χ3n) is 4.82. The molecule has 1 amide bonds. The summed E-state index contributed by atoms with van der Waals surface area (Å²) < 4.78 is 20.6. The minimum Gasteiger partial charge on any atom is -0.395 e. The van der Waals surface area contributed by atoms with Crippen molar-refractivity contribution in [2.45, 2.75) is 6.92 Å². The second kappa shape index (κ2) is 10.1. The highest BCUT2D eigenvalue weighted by molar-refractivity contribution is 7.47. The molecule has 9 nitrogen and oxygen atoms in total. The molecule has 0 aliphatic rings. The van der Waals surface area contributed by atoms with Crippen molar-refractivity contribution in [1.29, 1.82) is 0 Å². The van der Waals surface area contributed by atoms with Gasteiger partial charge in [0.15, 0.2) is 0 Å². The highest BCUT2D eigenvalue weighted by Gasteiger charge is 2.36. The van der Waals surface area contributed by atoms with Crippen LogP contribution in [0.4, 0.5) is 17.1 Å². The highest BCUT2D eigenvalue weighted by Crippen LogP contribution is 2.43. The number of carbonyl (C=O) groups excluding carboxylic acids is 1. The number of rotatable bonds is 9. The van der Waals surface area contributed by atoms with Crippen molar-refractivity contribution in [1.82, 2.24) is 0 Å². The first-order chi connectivity index (χ1) is 15.3. The molecule has 0 aliphatic heterocycles. The molecular weight excluding hydrogens is 433 g/mol. The lowest BCUT2D eigenvalue weighted by atomic mass is 9.92. The Morgan fingerprint density at radius 3 is 2.56 bits per heavy atom. The van der Waals surface area contributed by atoms with Crippen LogP contribution in [0, 0.1) is 5.41 Å². The average Bonchev–Trinajstić information content (AvgIpc) is 2.81. The number of hydrogen-bond acceptors (Lipinski definition) is 7. The van der Waals surface area contributed by atoms with Gasteiger partial charge >= 0.3 is 7.82 Å². The van der Waals surface area contributed by atoms with Crippen LogP contribution in [-0.4, -0.2) is 36.2 Å². The quantitative estimate of drug-likeness (QED) is 0.308. The van der Waals surface area contributed by atoms with Crippen molar-refractivity contribution in [3.8, 4) is 0 Å². The molecule has 2 atom stereocenters. The Morgan fingerprint density at radius 2 is 1.81 bits per heavy atom. The molecule has 0 spiro atoms. The van der Waals surface area contributed by atoms with Crippen LogP contribution in [0.5, 0.6) is 0 Å². The summed E-state index contributed by atoms with van der Waals surface area (Å²) in [5, 5.41) is 23.0. The van der Waals surface area contributed by atoms with Gasteiger partial charge in [-0.15, -0.1) is 5.11 Å². The van der Waals surface area contributed by atoms with Gasteiger partial charge < -0.3 is 15.3 Å². The van der Waals surface area contributed by atoms with Crippen molar-refractivity contribution in [3.63, 3.8) is 0 Å². The minimum absolute atomic E-state index is 0.419. The fraction of sp³-hybridized carbons (Fsp3) is 0.227. The molecule has 0 fully saturated rings. The third kappa shape index (κ3) is 5.85. The monoisotopic (exact) mass is 457 g/mol. The first kappa shape index (κ1) is 23.7. The molecule has 3 rings (SSSR count). The summed E-state index contributed by atoms with van der Waals surface area (Å²) in [6, 6.07) is 20.3. The summed E-state index contributed by atoms with van der Waals surface area (Å²) >= 11 is 0. The van der Waals surface area contributed by atoms with E-state index in [0.29, 0.717) is 17.1 Å². The number of nitrogens with zero attached hydrogens (tertiary/aromatic N) is 2. The molecular formula is C22H24N3O6P. The van der Waals surface area contributed by atoms with Crippen LogP contribution in [0.3, 0.4) is 0 Å². The van der Waals surface area contributed by atoms with Crippen LogP contribution in [0.2, 0.25) is 0 Å². The predicted octanol–water partition coefficient (Wildman–Crippen LogP) is 4.96. The summed E-state index contributed by atoms with van der Waals surface area (Å²) in [5.41, 5.74) is 0.172. The molecule has 10 heteroatoms. The number of phosphoric ester groups is 1. The first-order valence-electron chi connectivity index (χ1n) is 9.71. The van der Waals surface area contributed by atoms with E-state index in [1.165, 1.54) is 6.92 Å². The predicted molar refractivity (Wildman–Crippen MR) is 121 cm³/mol. The minimum atomic E-state index is -4.29. The van der Waals surface area contributed by atoms with Gasteiger partial charge in [-0.1, -0.05) is 42.5 Å². The fourth-order valence-electron chi connectivity index (χ4n) is 2.79. The van der Waals surface area contributed by atoms with E-state index in [1.807, 2.05) is 42.5 Å². The van der Waals surface area contributed by atoms with E-state index in [0.717, 1.165) is 17.9 Å². The van der Waals surface area contributed by atoms with Crippen LogP contribution < -0.4 is 5.32 Å². The van der Waals surface area contributed by atoms with Crippen molar-refractivity contribution in [2.75, 3.05) is 25.6 Å². The first-order valence-corrected chi connectivity index (χ1v) is 11.2. The molecule has 0 radical (unpaired) electrons. The molecule has 0 aromatic heterocycles. The van der Waals surface area contributed by atoms with Crippen molar-refractivity contribution < 1.29 is 28.4 Å². The Labute approximate surface area is 185 Å². The van der Waals surface area contributed by atoms with E-state index in [1.54, 1.807) is 24.3 Å². The number of phosphoric acid groups is 1. The highest BCUT2D eigenvalue weighted by atomic mass is 31.2. The Kier molecular flexibility index (Phi) is 7.50. The molecule has 168 valence electrons. The number of azo groups is 1.